The van der Waals surface area contributed by atoms with E-state index < -0.39 is 0 Å². The Balaban J connectivity index is 2.44. The van der Waals surface area contributed by atoms with Crippen molar-refractivity contribution in [1.29, 1.82) is 0 Å². The number of benzene rings is 2. The molecule has 86 valence electrons. The first-order chi connectivity index (χ1) is 8.09. The van der Waals surface area contributed by atoms with Crippen LogP contribution in [0.5, 0.6) is 0 Å². The SMILES string of the molecule is Cc1cc(C(=O)c2ccccc2Cl)ccc1F. The summed E-state index contributed by atoms with van der Waals surface area (Å²) < 4.78 is 13.1. The number of rotatable bonds is 2. The summed E-state index contributed by atoms with van der Waals surface area (Å²) in [5.41, 5.74) is 1.32. The molecule has 0 heterocycles. The van der Waals surface area contributed by atoms with Crippen molar-refractivity contribution in [2.75, 3.05) is 0 Å². The van der Waals surface area contributed by atoms with Gasteiger partial charge in [-0.2, -0.15) is 0 Å². The Morgan fingerprint density at radius 1 is 1.18 bits per heavy atom. The van der Waals surface area contributed by atoms with Crippen molar-refractivity contribution >= 4 is 17.4 Å². The third-order valence-corrected chi connectivity index (χ3v) is 2.87. The van der Waals surface area contributed by atoms with E-state index in [1.165, 1.54) is 18.2 Å². The lowest BCUT2D eigenvalue weighted by atomic mass is 10.0. The van der Waals surface area contributed by atoms with Crippen LogP contribution in [0, 0.1) is 12.7 Å². The minimum atomic E-state index is -0.319. The van der Waals surface area contributed by atoms with Crippen LogP contribution in [0.1, 0.15) is 21.5 Å². The van der Waals surface area contributed by atoms with Gasteiger partial charge < -0.3 is 0 Å². The Hall–Kier alpha value is -1.67. The fraction of sp³-hybridized carbons (Fsp3) is 0.0714. The van der Waals surface area contributed by atoms with Gasteiger partial charge in [-0.1, -0.05) is 23.7 Å². The summed E-state index contributed by atoms with van der Waals surface area (Å²) in [5.74, 6) is -0.514. The van der Waals surface area contributed by atoms with Crippen LogP contribution in [-0.2, 0) is 0 Å². The summed E-state index contributed by atoms with van der Waals surface area (Å²) >= 11 is 5.95. The minimum Gasteiger partial charge on any atom is -0.289 e. The molecular formula is C14H10ClFO. The van der Waals surface area contributed by atoms with E-state index in [2.05, 4.69) is 0 Å². The van der Waals surface area contributed by atoms with Gasteiger partial charge in [-0.15, -0.1) is 0 Å². The molecule has 2 aromatic rings. The average Bonchev–Trinajstić information content (AvgIpc) is 2.32. The molecule has 0 aromatic heterocycles. The maximum atomic E-state index is 13.1. The lowest BCUT2D eigenvalue weighted by Gasteiger charge is -2.04. The van der Waals surface area contributed by atoms with Gasteiger partial charge in [0.05, 0.1) is 5.02 Å². The Morgan fingerprint density at radius 2 is 1.88 bits per heavy atom. The summed E-state index contributed by atoms with van der Waals surface area (Å²) in [6.07, 6.45) is 0. The van der Waals surface area contributed by atoms with Crippen molar-refractivity contribution in [3.63, 3.8) is 0 Å². The van der Waals surface area contributed by atoms with Gasteiger partial charge in [0.1, 0.15) is 5.82 Å². The third kappa shape index (κ3) is 2.37. The van der Waals surface area contributed by atoms with Crippen molar-refractivity contribution in [2.45, 2.75) is 6.92 Å². The molecule has 0 atom stereocenters. The van der Waals surface area contributed by atoms with Gasteiger partial charge in [0.25, 0.3) is 0 Å². The summed E-state index contributed by atoms with van der Waals surface area (Å²) in [6, 6.07) is 11.1. The van der Waals surface area contributed by atoms with Crippen LogP contribution in [0.4, 0.5) is 4.39 Å². The second kappa shape index (κ2) is 4.68. The number of carbonyl (C=O) groups excluding carboxylic acids is 1. The molecule has 0 unspecified atom stereocenters. The van der Waals surface area contributed by atoms with E-state index in [0.29, 0.717) is 21.7 Å². The first-order valence-electron chi connectivity index (χ1n) is 5.15. The van der Waals surface area contributed by atoms with Crippen molar-refractivity contribution in [1.82, 2.24) is 0 Å². The smallest absolute Gasteiger partial charge is 0.194 e. The van der Waals surface area contributed by atoms with Crippen molar-refractivity contribution in [3.8, 4) is 0 Å². The van der Waals surface area contributed by atoms with Crippen LogP contribution in [0.2, 0.25) is 5.02 Å². The monoisotopic (exact) mass is 248 g/mol. The molecule has 0 N–H and O–H groups in total. The lowest BCUT2D eigenvalue weighted by Crippen LogP contribution is -2.02. The predicted octanol–water partition coefficient (Wildman–Crippen LogP) is 4.02. The molecule has 2 rings (SSSR count). The van der Waals surface area contributed by atoms with Gasteiger partial charge >= 0.3 is 0 Å². The molecule has 0 saturated carbocycles. The molecule has 0 aliphatic heterocycles. The molecule has 0 fully saturated rings. The normalized spacial score (nSPS) is 10.3. The molecule has 3 heteroatoms. The highest BCUT2D eigenvalue weighted by Gasteiger charge is 2.13. The maximum Gasteiger partial charge on any atom is 0.194 e. The standard InChI is InChI=1S/C14H10ClFO/c1-9-8-10(6-7-13(9)16)14(17)11-4-2-3-5-12(11)15/h2-8H,1H3. The Morgan fingerprint density at radius 3 is 2.53 bits per heavy atom. The largest absolute Gasteiger partial charge is 0.289 e. The lowest BCUT2D eigenvalue weighted by molar-refractivity contribution is 0.103. The average molecular weight is 249 g/mol. The van der Waals surface area contributed by atoms with Crippen LogP contribution in [0.15, 0.2) is 42.5 Å². The van der Waals surface area contributed by atoms with Gasteiger partial charge in [0.2, 0.25) is 0 Å². The number of hydrogen-bond donors (Lipinski definition) is 0. The summed E-state index contributed by atoms with van der Waals surface area (Å²) in [6.45, 7) is 1.62. The van der Waals surface area contributed by atoms with Crippen LogP contribution in [0.25, 0.3) is 0 Å². The fourth-order valence-corrected chi connectivity index (χ4v) is 1.81. The van der Waals surface area contributed by atoms with E-state index in [1.54, 1.807) is 31.2 Å². The van der Waals surface area contributed by atoms with Crippen LogP contribution >= 0.6 is 11.6 Å². The topological polar surface area (TPSA) is 17.1 Å². The number of aryl methyl sites for hydroxylation is 1. The maximum absolute atomic E-state index is 13.1. The van der Waals surface area contributed by atoms with E-state index in [4.69, 9.17) is 11.6 Å². The summed E-state index contributed by atoms with van der Waals surface area (Å²) in [7, 11) is 0. The minimum absolute atomic E-state index is 0.196. The molecule has 0 radical (unpaired) electrons. The number of ketones is 1. The van der Waals surface area contributed by atoms with Crippen molar-refractivity contribution in [2.24, 2.45) is 0 Å². The molecule has 2 aromatic carbocycles. The quantitative estimate of drug-likeness (QED) is 0.734. The number of halogens is 2. The highest BCUT2D eigenvalue weighted by atomic mass is 35.5. The van der Waals surface area contributed by atoms with Gasteiger partial charge in [-0.25, -0.2) is 4.39 Å². The van der Waals surface area contributed by atoms with Gasteiger partial charge in [0.15, 0.2) is 5.78 Å². The van der Waals surface area contributed by atoms with E-state index in [0.717, 1.165) is 0 Å². The second-order valence-corrected chi connectivity index (χ2v) is 4.18. The van der Waals surface area contributed by atoms with E-state index in [1.807, 2.05) is 0 Å². The molecule has 1 nitrogen and oxygen atoms in total. The van der Waals surface area contributed by atoms with Gasteiger partial charge in [-0.3, -0.25) is 4.79 Å². The van der Waals surface area contributed by atoms with E-state index >= 15 is 0 Å². The van der Waals surface area contributed by atoms with Crippen molar-refractivity contribution in [3.05, 3.63) is 70.0 Å². The van der Waals surface area contributed by atoms with Gasteiger partial charge in [0, 0.05) is 11.1 Å². The molecule has 0 aliphatic rings. The summed E-state index contributed by atoms with van der Waals surface area (Å²) in [5, 5.41) is 0.402. The molecule has 0 spiro atoms. The zero-order valence-corrected chi connectivity index (χ0v) is 9.96. The highest BCUT2D eigenvalue weighted by molar-refractivity contribution is 6.34. The second-order valence-electron chi connectivity index (χ2n) is 3.77. The third-order valence-electron chi connectivity index (χ3n) is 2.54. The molecule has 0 saturated heterocycles. The number of carbonyl (C=O) groups is 1. The molecule has 0 amide bonds. The summed E-state index contributed by atoms with van der Waals surface area (Å²) in [4.78, 5) is 12.1. The molecular weight excluding hydrogens is 239 g/mol. The molecule has 0 bridgehead atoms. The Labute approximate surface area is 104 Å². The Kier molecular flexibility index (Phi) is 3.25. The zero-order valence-electron chi connectivity index (χ0n) is 9.21. The van der Waals surface area contributed by atoms with Crippen LogP contribution in [-0.4, -0.2) is 5.78 Å². The zero-order chi connectivity index (χ0) is 12.4. The highest BCUT2D eigenvalue weighted by Crippen LogP contribution is 2.20. The predicted molar refractivity (Wildman–Crippen MR) is 66.0 cm³/mol. The molecule has 0 aliphatic carbocycles. The van der Waals surface area contributed by atoms with Crippen molar-refractivity contribution < 1.29 is 9.18 Å². The van der Waals surface area contributed by atoms with E-state index in [9.17, 15) is 9.18 Å². The van der Waals surface area contributed by atoms with Gasteiger partial charge in [-0.05, 0) is 42.8 Å². The van der Waals surface area contributed by atoms with Crippen LogP contribution < -0.4 is 0 Å². The first kappa shape index (κ1) is 11.8. The Bertz CT molecular complexity index is 578. The number of hydrogen-bond acceptors (Lipinski definition) is 1. The van der Waals surface area contributed by atoms with E-state index in [-0.39, 0.29) is 11.6 Å². The molecule has 17 heavy (non-hydrogen) atoms. The fourth-order valence-electron chi connectivity index (χ4n) is 1.59. The van der Waals surface area contributed by atoms with Crippen LogP contribution in [0.3, 0.4) is 0 Å². The first-order valence-corrected chi connectivity index (χ1v) is 5.53.